The van der Waals surface area contributed by atoms with Gasteiger partial charge in [0.15, 0.2) is 0 Å². The van der Waals surface area contributed by atoms with Crippen molar-refractivity contribution in [2.75, 3.05) is 20.2 Å². The van der Waals surface area contributed by atoms with Gasteiger partial charge in [0.25, 0.3) is 0 Å². The van der Waals surface area contributed by atoms with Crippen LogP contribution in [-0.4, -0.2) is 37.0 Å². The second kappa shape index (κ2) is 4.90. The Hall–Kier alpha value is -1.06. The number of carbonyl (C=O) groups is 2. The largest absolute Gasteiger partial charge is 0.469 e. The summed E-state index contributed by atoms with van der Waals surface area (Å²) in [6, 6.07) is 0. The van der Waals surface area contributed by atoms with E-state index in [9.17, 15) is 9.59 Å². The topological polar surface area (TPSA) is 46.6 Å². The van der Waals surface area contributed by atoms with Crippen LogP contribution in [0.2, 0.25) is 0 Å². The molecule has 0 atom stereocenters. The SMILES string of the molecule is CCN(CCC(=O)OC)C(=O)C1C(C)(C)C1(C)C. The van der Waals surface area contributed by atoms with Crippen molar-refractivity contribution in [2.24, 2.45) is 16.7 Å². The lowest BCUT2D eigenvalue weighted by Gasteiger charge is -2.21. The third kappa shape index (κ3) is 2.38. The van der Waals surface area contributed by atoms with Crippen molar-refractivity contribution in [3.05, 3.63) is 0 Å². The van der Waals surface area contributed by atoms with Crippen LogP contribution < -0.4 is 0 Å². The lowest BCUT2D eigenvalue weighted by Crippen LogP contribution is -2.35. The molecule has 1 amide bonds. The number of esters is 1. The molecule has 4 nitrogen and oxygen atoms in total. The van der Waals surface area contributed by atoms with E-state index < -0.39 is 0 Å². The molecule has 1 aliphatic rings. The van der Waals surface area contributed by atoms with Crippen LogP contribution in [-0.2, 0) is 14.3 Å². The van der Waals surface area contributed by atoms with Crippen molar-refractivity contribution < 1.29 is 14.3 Å². The van der Waals surface area contributed by atoms with Crippen LogP contribution in [0.25, 0.3) is 0 Å². The maximum atomic E-state index is 12.4. The Morgan fingerprint density at radius 1 is 1.17 bits per heavy atom. The van der Waals surface area contributed by atoms with Crippen LogP contribution in [0.1, 0.15) is 41.0 Å². The number of nitrogens with zero attached hydrogens (tertiary/aromatic N) is 1. The summed E-state index contributed by atoms with van der Waals surface area (Å²) in [5, 5.41) is 0. The zero-order chi connectivity index (χ0) is 14.1. The number of ether oxygens (including phenoxy) is 1. The van der Waals surface area contributed by atoms with E-state index in [0.29, 0.717) is 13.1 Å². The number of hydrogen-bond donors (Lipinski definition) is 0. The van der Waals surface area contributed by atoms with Gasteiger partial charge in [-0.15, -0.1) is 0 Å². The number of methoxy groups -OCH3 is 1. The fourth-order valence-corrected chi connectivity index (χ4v) is 2.75. The monoisotopic (exact) mass is 255 g/mol. The highest BCUT2D eigenvalue weighted by Gasteiger charge is 2.68. The van der Waals surface area contributed by atoms with Gasteiger partial charge in [-0.05, 0) is 17.8 Å². The molecule has 1 fully saturated rings. The summed E-state index contributed by atoms with van der Waals surface area (Å²) in [7, 11) is 1.37. The van der Waals surface area contributed by atoms with Gasteiger partial charge < -0.3 is 9.64 Å². The quantitative estimate of drug-likeness (QED) is 0.707. The Balaban J connectivity index is 2.62. The first-order chi connectivity index (χ1) is 8.20. The highest BCUT2D eigenvalue weighted by molar-refractivity contribution is 5.84. The Morgan fingerprint density at radius 2 is 1.67 bits per heavy atom. The Labute approximate surface area is 110 Å². The Morgan fingerprint density at radius 3 is 2.00 bits per heavy atom. The zero-order valence-corrected chi connectivity index (χ0v) is 12.4. The highest BCUT2D eigenvalue weighted by Crippen LogP contribution is 2.68. The predicted octanol–water partition coefficient (Wildman–Crippen LogP) is 2.08. The van der Waals surface area contributed by atoms with Gasteiger partial charge in [0.05, 0.1) is 13.5 Å². The van der Waals surface area contributed by atoms with E-state index in [4.69, 9.17) is 0 Å². The molecular weight excluding hydrogens is 230 g/mol. The van der Waals surface area contributed by atoms with Crippen molar-refractivity contribution in [1.82, 2.24) is 4.90 Å². The summed E-state index contributed by atoms with van der Waals surface area (Å²) in [5.41, 5.74) is 0.0888. The molecule has 0 heterocycles. The second-order valence-electron chi connectivity index (χ2n) is 6.12. The average molecular weight is 255 g/mol. The van der Waals surface area contributed by atoms with Gasteiger partial charge in [0.1, 0.15) is 0 Å². The van der Waals surface area contributed by atoms with Crippen molar-refractivity contribution in [3.8, 4) is 0 Å². The maximum absolute atomic E-state index is 12.4. The highest BCUT2D eigenvalue weighted by atomic mass is 16.5. The smallest absolute Gasteiger partial charge is 0.307 e. The lowest BCUT2D eigenvalue weighted by atomic mass is 10.0. The molecule has 0 spiro atoms. The van der Waals surface area contributed by atoms with Crippen molar-refractivity contribution >= 4 is 11.9 Å². The molecule has 0 aliphatic heterocycles. The van der Waals surface area contributed by atoms with Crippen LogP contribution >= 0.6 is 0 Å². The molecule has 1 aliphatic carbocycles. The molecule has 0 saturated heterocycles. The van der Waals surface area contributed by atoms with Crippen molar-refractivity contribution in [3.63, 3.8) is 0 Å². The van der Waals surface area contributed by atoms with Crippen molar-refractivity contribution in [2.45, 2.75) is 41.0 Å². The van der Waals surface area contributed by atoms with Gasteiger partial charge in [-0.1, -0.05) is 27.7 Å². The number of rotatable bonds is 5. The molecule has 0 aromatic heterocycles. The van der Waals surface area contributed by atoms with E-state index in [0.717, 1.165) is 0 Å². The standard InChI is InChI=1S/C14H25NO3/c1-7-15(9-8-10(16)18-6)12(17)11-13(2,3)14(11,4)5/h11H,7-9H2,1-6H3. The van der Waals surface area contributed by atoms with E-state index >= 15 is 0 Å². The third-order valence-electron chi connectivity index (χ3n) is 4.77. The fraction of sp³-hybridized carbons (Fsp3) is 0.857. The molecule has 0 unspecified atom stereocenters. The maximum Gasteiger partial charge on any atom is 0.307 e. The van der Waals surface area contributed by atoms with E-state index in [1.807, 2.05) is 6.92 Å². The molecule has 4 heteroatoms. The predicted molar refractivity (Wildman–Crippen MR) is 69.9 cm³/mol. The molecule has 0 N–H and O–H groups in total. The first-order valence-corrected chi connectivity index (χ1v) is 6.55. The van der Waals surface area contributed by atoms with Gasteiger partial charge >= 0.3 is 5.97 Å². The molecule has 0 bridgehead atoms. The molecule has 1 rings (SSSR count). The van der Waals surface area contributed by atoms with Crippen LogP contribution in [0.5, 0.6) is 0 Å². The zero-order valence-electron chi connectivity index (χ0n) is 12.4. The third-order valence-corrected chi connectivity index (χ3v) is 4.77. The number of hydrogen-bond acceptors (Lipinski definition) is 3. The summed E-state index contributed by atoms with van der Waals surface area (Å²) >= 11 is 0. The van der Waals surface area contributed by atoms with E-state index in [-0.39, 0.29) is 35.0 Å². The molecule has 1 saturated carbocycles. The molecular formula is C14H25NO3. The first-order valence-electron chi connectivity index (χ1n) is 6.55. The van der Waals surface area contributed by atoms with Crippen molar-refractivity contribution in [1.29, 1.82) is 0 Å². The Bertz CT molecular complexity index is 333. The van der Waals surface area contributed by atoms with E-state index in [1.54, 1.807) is 4.90 Å². The van der Waals surface area contributed by atoms with Crippen LogP contribution in [0, 0.1) is 16.7 Å². The van der Waals surface area contributed by atoms with Crippen LogP contribution in [0.3, 0.4) is 0 Å². The number of carbonyl (C=O) groups excluding carboxylic acids is 2. The second-order valence-corrected chi connectivity index (χ2v) is 6.12. The summed E-state index contributed by atoms with van der Waals surface area (Å²) < 4.78 is 4.61. The molecule has 0 radical (unpaired) electrons. The molecule has 104 valence electrons. The summed E-state index contributed by atoms with van der Waals surface area (Å²) in [6.07, 6.45) is 0.268. The molecule has 0 aromatic rings. The minimum absolute atomic E-state index is 0.0444. The van der Waals surface area contributed by atoms with Gasteiger partial charge in [-0.3, -0.25) is 9.59 Å². The van der Waals surface area contributed by atoms with Gasteiger partial charge in [0, 0.05) is 19.0 Å². The van der Waals surface area contributed by atoms with Crippen LogP contribution in [0.15, 0.2) is 0 Å². The Kier molecular flexibility index (Phi) is 4.08. The van der Waals surface area contributed by atoms with Gasteiger partial charge in [-0.25, -0.2) is 0 Å². The fourth-order valence-electron chi connectivity index (χ4n) is 2.75. The minimum Gasteiger partial charge on any atom is -0.469 e. The average Bonchev–Trinajstić information content (AvgIpc) is 2.69. The van der Waals surface area contributed by atoms with Crippen LogP contribution in [0.4, 0.5) is 0 Å². The van der Waals surface area contributed by atoms with E-state index in [2.05, 4.69) is 32.4 Å². The number of amides is 1. The summed E-state index contributed by atoms with van der Waals surface area (Å²) in [4.78, 5) is 25.3. The van der Waals surface area contributed by atoms with Gasteiger partial charge in [-0.2, -0.15) is 0 Å². The minimum atomic E-state index is -0.268. The van der Waals surface area contributed by atoms with Gasteiger partial charge in [0.2, 0.25) is 5.91 Å². The first kappa shape index (κ1) is 15.0. The van der Waals surface area contributed by atoms with E-state index in [1.165, 1.54) is 7.11 Å². The summed E-state index contributed by atoms with van der Waals surface area (Å²) in [6.45, 7) is 11.5. The summed E-state index contributed by atoms with van der Waals surface area (Å²) in [5.74, 6) is -0.0467. The molecule has 18 heavy (non-hydrogen) atoms. The lowest BCUT2D eigenvalue weighted by molar-refractivity contribution is -0.142. The molecule has 0 aromatic carbocycles. The normalized spacial score (nSPS) is 20.3.